The summed E-state index contributed by atoms with van der Waals surface area (Å²) in [5.74, 6) is 0.993. The number of hydrogen-bond acceptors (Lipinski definition) is 3. The van der Waals surface area contributed by atoms with Crippen LogP contribution in [0.3, 0.4) is 0 Å². The van der Waals surface area contributed by atoms with Crippen LogP contribution in [-0.2, 0) is 11.3 Å². The number of nitrogens with zero attached hydrogens (tertiary/aromatic N) is 1. The van der Waals surface area contributed by atoms with E-state index in [1.807, 2.05) is 45.2 Å². The van der Waals surface area contributed by atoms with Crippen molar-refractivity contribution in [3.63, 3.8) is 0 Å². The monoisotopic (exact) mass is 334 g/mol. The van der Waals surface area contributed by atoms with E-state index in [-0.39, 0.29) is 11.8 Å². The number of carbonyl (C=O) groups is 2. The summed E-state index contributed by atoms with van der Waals surface area (Å²) < 4.78 is 0. The number of allylic oxidation sites excluding steroid dienone is 1. The number of nitrogens with one attached hydrogen (secondary N) is 1. The lowest BCUT2D eigenvalue weighted by molar-refractivity contribution is -0.116. The van der Waals surface area contributed by atoms with Crippen molar-refractivity contribution in [2.45, 2.75) is 26.8 Å². The number of hydrogen-bond donors (Lipinski definition) is 1. The first-order valence-electron chi connectivity index (χ1n) is 7.70. The highest BCUT2D eigenvalue weighted by Gasteiger charge is 2.11. The van der Waals surface area contributed by atoms with Crippen LogP contribution in [0.1, 0.15) is 36.2 Å². The molecule has 0 fully saturated rings. The van der Waals surface area contributed by atoms with Crippen LogP contribution < -0.4 is 5.32 Å². The van der Waals surface area contributed by atoms with Crippen molar-refractivity contribution in [2.24, 2.45) is 0 Å². The molecule has 0 atom stereocenters. The lowest BCUT2D eigenvalue weighted by Crippen LogP contribution is -2.28. The van der Waals surface area contributed by atoms with Crippen molar-refractivity contribution in [2.75, 3.05) is 25.6 Å². The van der Waals surface area contributed by atoms with E-state index in [1.165, 1.54) is 0 Å². The Balaban J connectivity index is 2.54. The molecule has 2 amide bonds. The molecule has 0 heterocycles. The van der Waals surface area contributed by atoms with Crippen molar-refractivity contribution in [3.8, 4) is 0 Å². The molecule has 126 valence electrons. The molecule has 5 heteroatoms. The van der Waals surface area contributed by atoms with E-state index in [2.05, 4.69) is 11.6 Å². The highest BCUT2D eigenvalue weighted by atomic mass is 32.2. The van der Waals surface area contributed by atoms with Crippen molar-refractivity contribution in [1.82, 2.24) is 10.2 Å². The van der Waals surface area contributed by atoms with E-state index >= 15 is 0 Å². The van der Waals surface area contributed by atoms with Crippen LogP contribution >= 0.6 is 11.8 Å². The van der Waals surface area contributed by atoms with E-state index in [0.717, 1.165) is 29.9 Å². The van der Waals surface area contributed by atoms with Crippen LogP contribution in [0.25, 0.3) is 0 Å². The van der Waals surface area contributed by atoms with Crippen molar-refractivity contribution < 1.29 is 9.59 Å². The lowest BCUT2D eigenvalue weighted by atomic mass is 10.1. The van der Waals surface area contributed by atoms with Gasteiger partial charge >= 0.3 is 0 Å². The molecule has 0 aliphatic carbocycles. The molecular weight excluding hydrogens is 308 g/mol. The molecule has 0 aliphatic heterocycles. The van der Waals surface area contributed by atoms with Gasteiger partial charge in [0.25, 0.3) is 5.91 Å². The molecule has 1 aromatic rings. The van der Waals surface area contributed by atoms with Gasteiger partial charge in [-0.25, -0.2) is 0 Å². The third kappa shape index (κ3) is 7.37. The van der Waals surface area contributed by atoms with Crippen LogP contribution in [0.4, 0.5) is 0 Å². The average molecular weight is 334 g/mol. The summed E-state index contributed by atoms with van der Waals surface area (Å²) in [6, 6.07) is 7.39. The second-order valence-electron chi connectivity index (χ2n) is 5.71. The Morgan fingerprint density at radius 1 is 1.22 bits per heavy atom. The van der Waals surface area contributed by atoms with E-state index in [4.69, 9.17) is 0 Å². The minimum absolute atomic E-state index is 0.0335. The summed E-state index contributed by atoms with van der Waals surface area (Å²) in [4.78, 5) is 25.6. The van der Waals surface area contributed by atoms with E-state index < -0.39 is 0 Å². The Bertz CT molecular complexity index is 549. The van der Waals surface area contributed by atoms with Gasteiger partial charge in [-0.2, -0.15) is 11.8 Å². The Morgan fingerprint density at radius 2 is 1.87 bits per heavy atom. The van der Waals surface area contributed by atoms with Crippen molar-refractivity contribution >= 4 is 23.6 Å². The average Bonchev–Trinajstić information content (AvgIpc) is 2.52. The molecule has 0 aromatic heterocycles. The molecule has 1 aromatic carbocycles. The Labute approximate surface area is 143 Å². The fourth-order valence-corrected chi connectivity index (χ4v) is 2.45. The van der Waals surface area contributed by atoms with Gasteiger partial charge in [0.15, 0.2) is 0 Å². The molecule has 0 unspecified atom stereocenters. The largest absolute Gasteiger partial charge is 0.348 e. The molecule has 0 aliphatic rings. The van der Waals surface area contributed by atoms with Crippen LogP contribution in [0, 0.1) is 0 Å². The fourth-order valence-electron chi connectivity index (χ4n) is 2.04. The lowest BCUT2D eigenvalue weighted by Gasteiger charge is -2.17. The van der Waals surface area contributed by atoms with Gasteiger partial charge in [0.1, 0.15) is 0 Å². The molecule has 0 saturated heterocycles. The quantitative estimate of drug-likeness (QED) is 0.587. The zero-order valence-corrected chi connectivity index (χ0v) is 15.2. The topological polar surface area (TPSA) is 49.4 Å². The first-order valence-corrected chi connectivity index (χ1v) is 9.09. The summed E-state index contributed by atoms with van der Waals surface area (Å²) in [7, 11) is 1.83. The van der Waals surface area contributed by atoms with Gasteiger partial charge < -0.3 is 10.2 Å². The predicted molar refractivity (Wildman–Crippen MR) is 97.7 cm³/mol. The van der Waals surface area contributed by atoms with E-state index in [9.17, 15) is 9.59 Å². The summed E-state index contributed by atoms with van der Waals surface area (Å²) in [5, 5.41) is 2.82. The van der Waals surface area contributed by atoms with Crippen molar-refractivity contribution in [3.05, 3.63) is 47.0 Å². The second-order valence-corrected chi connectivity index (χ2v) is 6.70. The van der Waals surface area contributed by atoms with Gasteiger partial charge in [-0.15, -0.1) is 0 Å². The van der Waals surface area contributed by atoms with Crippen LogP contribution in [0.15, 0.2) is 35.9 Å². The minimum Gasteiger partial charge on any atom is -0.348 e. The first-order chi connectivity index (χ1) is 10.9. The SMILES string of the molecule is CSCCCN(C)C(=O)c1ccc(CNC(=O)C=C(C)C)cc1. The fraction of sp³-hybridized carbons (Fsp3) is 0.444. The Kier molecular flexibility index (Phi) is 8.48. The number of benzene rings is 1. The summed E-state index contributed by atoms with van der Waals surface area (Å²) >= 11 is 1.79. The second kappa shape index (κ2) is 10.1. The molecule has 23 heavy (non-hydrogen) atoms. The zero-order chi connectivity index (χ0) is 17.2. The molecule has 0 saturated carbocycles. The van der Waals surface area contributed by atoms with E-state index in [0.29, 0.717) is 12.1 Å². The van der Waals surface area contributed by atoms with Gasteiger partial charge in [-0.3, -0.25) is 9.59 Å². The highest BCUT2D eigenvalue weighted by molar-refractivity contribution is 7.98. The predicted octanol–water partition coefficient (Wildman–Crippen LogP) is 3.09. The minimum atomic E-state index is -0.0984. The molecular formula is C18H26N2O2S. The maximum absolute atomic E-state index is 12.3. The zero-order valence-electron chi connectivity index (χ0n) is 14.4. The number of rotatable bonds is 8. The molecule has 1 N–H and O–H groups in total. The Hall–Kier alpha value is -1.75. The highest BCUT2D eigenvalue weighted by Crippen LogP contribution is 2.08. The standard InChI is InChI=1S/C18H26N2O2S/c1-14(2)12-17(21)19-13-15-6-8-16(9-7-15)18(22)20(3)10-5-11-23-4/h6-9,12H,5,10-11,13H2,1-4H3,(H,19,21). The Morgan fingerprint density at radius 3 is 2.43 bits per heavy atom. The summed E-state index contributed by atoms with van der Waals surface area (Å²) in [5.41, 5.74) is 2.62. The van der Waals surface area contributed by atoms with Gasteiger partial charge in [0, 0.05) is 31.8 Å². The van der Waals surface area contributed by atoms with E-state index in [1.54, 1.807) is 22.7 Å². The van der Waals surface area contributed by atoms with Gasteiger partial charge in [-0.1, -0.05) is 17.7 Å². The molecule has 4 nitrogen and oxygen atoms in total. The number of thioether (sulfide) groups is 1. The van der Waals surface area contributed by atoms with Crippen LogP contribution in [0.5, 0.6) is 0 Å². The van der Waals surface area contributed by atoms with Crippen LogP contribution in [0.2, 0.25) is 0 Å². The van der Waals surface area contributed by atoms with Crippen LogP contribution in [-0.4, -0.2) is 42.3 Å². The normalized spacial score (nSPS) is 10.1. The molecule has 1 rings (SSSR count). The van der Waals surface area contributed by atoms with Crippen molar-refractivity contribution in [1.29, 1.82) is 0 Å². The maximum atomic E-state index is 12.3. The number of amides is 2. The van der Waals surface area contributed by atoms with Gasteiger partial charge in [-0.05, 0) is 50.0 Å². The third-order valence-electron chi connectivity index (χ3n) is 3.28. The molecule has 0 bridgehead atoms. The first kappa shape index (κ1) is 19.3. The third-order valence-corrected chi connectivity index (χ3v) is 3.97. The number of carbonyl (C=O) groups excluding carboxylic acids is 2. The summed E-state index contributed by atoms with van der Waals surface area (Å²) in [6.45, 7) is 4.99. The summed E-state index contributed by atoms with van der Waals surface area (Å²) in [6.07, 6.45) is 4.64. The maximum Gasteiger partial charge on any atom is 0.253 e. The van der Waals surface area contributed by atoms with Gasteiger partial charge in [0.05, 0.1) is 0 Å². The smallest absolute Gasteiger partial charge is 0.253 e. The van der Waals surface area contributed by atoms with Gasteiger partial charge in [0.2, 0.25) is 5.91 Å². The molecule has 0 spiro atoms. The molecule has 0 radical (unpaired) electrons.